The molecule has 72 valence electrons. The predicted molar refractivity (Wildman–Crippen MR) is 60.6 cm³/mol. The van der Waals surface area contributed by atoms with Gasteiger partial charge in [-0.1, -0.05) is 0 Å². The number of carbonyl (C=O) groups is 1. The number of pyridine rings is 1. The van der Waals surface area contributed by atoms with Gasteiger partial charge in [0.05, 0.1) is 10.7 Å². The molecule has 14 heavy (non-hydrogen) atoms. The molecule has 3 nitrogen and oxygen atoms in total. The summed E-state index contributed by atoms with van der Waals surface area (Å²) in [5, 5.41) is 0. The highest BCUT2D eigenvalue weighted by molar-refractivity contribution is 9.11. The molecule has 2 rings (SSSR count). The van der Waals surface area contributed by atoms with Crippen LogP contribution in [0.5, 0.6) is 0 Å². The van der Waals surface area contributed by atoms with Crippen molar-refractivity contribution >= 4 is 43.3 Å². The van der Waals surface area contributed by atoms with Gasteiger partial charge in [-0.2, -0.15) is 0 Å². The predicted octanol–water partition coefficient (Wildman–Crippen LogP) is 3.06. The summed E-state index contributed by atoms with van der Waals surface area (Å²) in [7, 11) is 0. The van der Waals surface area contributed by atoms with Gasteiger partial charge in [-0.3, -0.25) is 9.20 Å². The van der Waals surface area contributed by atoms with E-state index in [1.807, 2.05) is 12.3 Å². The molecule has 0 saturated carbocycles. The Hall–Kier alpha value is -0.680. The van der Waals surface area contributed by atoms with E-state index < -0.39 is 0 Å². The Balaban J connectivity index is 2.85. The fourth-order valence-electron chi connectivity index (χ4n) is 1.27. The maximum atomic E-state index is 11.3. The van der Waals surface area contributed by atoms with Crippen LogP contribution in [-0.2, 0) is 0 Å². The highest BCUT2D eigenvalue weighted by Crippen LogP contribution is 2.23. The lowest BCUT2D eigenvalue weighted by atomic mass is 10.3. The summed E-state index contributed by atoms with van der Waals surface area (Å²) >= 11 is 6.75. The normalized spacial score (nSPS) is 10.8. The fraction of sp³-hybridized carbons (Fsp3) is 0.111. The van der Waals surface area contributed by atoms with Crippen LogP contribution in [0.1, 0.15) is 17.4 Å². The summed E-state index contributed by atoms with van der Waals surface area (Å²) in [4.78, 5) is 15.4. The van der Waals surface area contributed by atoms with Gasteiger partial charge in [-0.25, -0.2) is 4.98 Å². The molecule has 5 heteroatoms. The number of hydrogen-bond acceptors (Lipinski definition) is 2. The van der Waals surface area contributed by atoms with E-state index in [4.69, 9.17) is 0 Å². The molecule has 0 unspecified atom stereocenters. The van der Waals surface area contributed by atoms with Gasteiger partial charge in [0.25, 0.3) is 0 Å². The molecular formula is C9H6Br2N2O. The van der Waals surface area contributed by atoms with E-state index in [0.29, 0.717) is 5.69 Å². The standard InChI is InChI=1S/C9H6Br2N2O/c1-5(14)8-3-12-9-7(11)2-6(10)4-13(8)9/h2-4H,1H3. The van der Waals surface area contributed by atoms with Crippen molar-refractivity contribution in [2.24, 2.45) is 0 Å². The minimum Gasteiger partial charge on any atom is -0.295 e. The van der Waals surface area contributed by atoms with Crippen LogP contribution < -0.4 is 0 Å². The number of imidazole rings is 1. The average molecular weight is 318 g/mol. The highest BCUT2D eigenvalue weighted by Gasteiger charge is 2.10. The fourth-order valence-corrected chi connectivity index (χ4v) is 2.56. The van der Waals surface area contributed by atoms with Crippen molar-refractivity contribution in [1.82, 2.24) is 9.38 Å². The van der Waals surface area contributed by atoms with E-state index in [1.165, 1.54) is 6.92 Å². The molecule has 2 aromatic rings. The van der Waals surface area contributed by atoms with Gasteiger partial charge in [0, 0.05) is 17.6 Å². The van der Waals surface area contributed by atoms with E-state index in [0.717, 1.165) is 14.6 Å². The van der Waals surface area contributed by atoms with Gasteiger partial charge < -0.3 is 0 Å². The van der Waals surface area contributed by atoms with Crippen molar-refractivity contribution in [2.45, 2.75) is 6.92 Å². The first-order chi connectivity index (χ1) is 6.59. The monoisotopic (exact) mass is 316 g/mol. The third-order valence-electron chi connectivity index (χ3n) is 1.89. The number of carbonyl (C=O) groups excluding carboxylic acids is 1. The van der Waals surface area contributed by atoms with E-state index in [-0.39, 0.29) is 5.78 Å². The van der Waals surface area contributed by atoms with Gasteiger partial charge >= 0.3 is 0 Å². The number of ketones is 1. The first-order valence-electron chi connectivity index (χ1n) is 3.92. The molecule has 2 aromatic heterocycles. The first kappa shape index (κ1) is 9.86. The topological polar surface area (TPSA) is 34.4 Å². The molecule has 0 saturated heterocycles. The molecule has 0 bridgehead atoms. The highest BCUT2D eigenvalue weighted by atomic mass is 79.9. The number of halogens is 2. The van der Waals surface area contributed by atoms with Gasteiger partial charge in [-0.15, -0.1) is 0 Å². The second kappa shape index (κ2) is 3.47. The molecule has 0 radical (unpaired) electrons. The number of aromatic nitrogens is 2. The number of fused-ring (bicyclic) bond motifs is 1. The molecule has 0 aromatic carbocycles. The van der Waals surface area contributed by atoms with Crippen molar-refractivity contribution in [3.63, 3.8) is 0 Å². The molecule has 0 fully saturated rings. The zero-order chi connectivity index (χ0) is 10.3. The largest absolute Gasteiger partial charge is 0.295 e. The van der Waals surface area contributed by atoms with Crippen LogP contribution in [-0.4, -0.2) is 15.2 Å². The summed E-state index contributed by atoms with van der Waals surface area (Å²) in [6.07, 6.45) is 3.40. The van der Waals surface area contributed by atoms with Crippen LogP contribution in [0.4, 0.5) is 0 Å². The molecule has 0 aliphatic heterocycles. The van der Waals surface area contributed by atoms with E-state index in [9.17, 15) is 4.79 Å². The van der Waals surface area contributed by atoms with Gasteiger partial charge in [0.1, 0.15) is 5.69 Å². The van der Waals surface area contributed by atoms with Crippen molar-refractivity contribution in [2.75, 3.05) is 0 Å². The van der Waals surface area contributed by atoms with Crippen LogP contribution in [0.15, 0.2) is 27.4 Å². The summed E-state index contributed by atoms with van der Waals surface area (Å²) in [5.74, 6) is 0.00231. The molecule has 0 N–H and O–H groups in total. The van der Waals surface area contributed by atoms with Gasteiger partial charge in [0.15, 0.2) is 11.4 Å². The molecule has 0 aliphatic carbocycles. The Morgan fingerprint density at radius 3 is 2.86 bits per heavy atom. The Labute approximate surface area is 97.4 Å². The summed E-state index contributed by atoms with van der Waals surface area (Å²) in [6, 6.07) is 1.90. The Kier molecular flexibility index (Phi) is 2.45. The minimum atomic E-state index is 0.00231. The second-order valence-electron chi connectivity index (χ2n) is 2.90. The second-order valence-corrected chi connectivity index (χ2v) is 4.67. The number of nitrogens with zero attached hydrogens (tertiary/aromatic N) is 2. The van der Waals surface area contributed by atoms with Crippen LogP contribution in [0.3, 0.4) is 0 Å². The Morgan fingerprint density at radius 1 is 1.50 bits per heavy atom. The van der Waals surface area contributed by atoms with Crippen LogP contribution in [0.25, 0.3) is 5.65 Å². The number of rotatable bonds is 1. The zero-order valence-electron chi connectivity index (χ0n) is 7.29. The molecule has 0 amide bonds. The van der Waals surface area contributed by atoms with Gasteiger partial charge in [0.2, 0.25) is 0 Å². The van der Waals surface area contributed by atoms with Crippen molar-refractivity contribution in [1.29, 1.82) is 0 Å². The third kappa shape index (κ3) is 1.50. The Morgan fingerprint density at radius 2 is 2.21 bits per heavy atom. The maximum absolute atomic E-state index is 11.3. The van der Waals surface area contributed by atoms with Crippen LogP contribution in [0, 0.1) is 0 Å². The maximum Gasteiger partial charge on any atom is 0.178 e. The Bertz CT molecular complexity index is 519. The van der Waals surface area contributed by atoms with Crippen LogP contribution in [0.2, 0.25) is 0 Å². The SMILES string of the molecule is CC(=O)c1cnc2c(Br)cc(Br)cn12. The zero-order valence-corrected chi connectivity index (χ0v) is 10.5. The summed E-state index contributed by atoms with van der Waals surface area (Å²) in [6.45, 7) is 1.53. The van der Waals surface area contributed by atoms with Crippen molar-refractivity contribution in [3.8, 4) is 0 Å². The first-order valence-corrected chi connectivity index (χ1v) is 5.51. The minimum absolute atomic E-state index is 0.00231. The lowest BCUT2D eigenvalue weighted by Gasteiger charge is -2.00. The quantitative estimate of drug-likeness (QED) is 0.758. The molecule has 0 spiro atoms. The van der Waals surface area contributed by atoms with E-state index in [2.05, 4.69) is 36.8 Å². The lowest BCUT2D eigenvalue weighted by Crippen LogP contribution is -1.98. The van der Waals surface area contributed by atoms with Crippen molar-refractivity contribution < 1.29 is 4.79 Å². The lowest BCUT2D eigenvalue weighted by molar-refractivity contribution is 0.101. The average Bonchev–Trinajstić information content (AvgIpc) is 2.47. The third-order valence-corrected chi connectivity index (χ3v) is 2.91. The van der Waals surface area contributed by atoms with E-state index >= 15 is 0 Å². The van der Waals surface area contributed by atoms with Crippen molar-refractivity contribution in [3.05, 3.63) is 33.1 Å². The van der Waals surface area contributed by atoms with E-state index in [1.54, 1.807) is 10.6 Å². The molecule has 0 atom stereocenters. The van der Waals surface area contributed by atoms with Gasteiger partial charge in [-0.05, 0) is 37.9 Å². The molecule has 2 heterocycles. The van der Waals surface area contributed by atoms with Crippen LogP contribution >= 0.6 is 31.9 Å². The summed E-state index contributed by atoms with van der Waals surface area (Å²) in [5.41, 5.74) is 1.33. The molecule has 0 aliphatic rings. The number of hydrogen-bond donors (Lipinski definition) is 0. The number of Topliss-reactive ketones (excluding diaryl/α,β-unsaturated/α-hetero) is 1. The smallest absolute Gasteiger partial charge is 0.178 e. The molecular weight excluding hydrogens is 312 g/mol. The summed E-state index contributed by atoms with van der Waals surface area (Å²) < 4.78 is 3.52.